The van der Waals surface area contributed by atoms with Crippen LogP contribution in [0.25, 0.3) is 16.6 Å². The topological polar surface area (TPSA) is 82.8 Å². The number of ether oxygens (including phenoxy) is 2. The molecule has 30 heavy (non-hydrogen) atoms. The summed E-state index contributed by atoms with van der Waals surface area (Å²) in [6, 6.07) is 11.3. The number of fused-ring (bicyclic) bond motifs is 1. The minimum Gasteiger partial charge on any atom is -0.497 e. The van der Waals surface area contributed by atoms with Crippen LogP contribution in [-0.2, 0) is 16.1 Å². The Morgan fingerprint density at radius 3 is 2.47 bits per heavy atom. The van der Waals surface area contributed by atoms with E-state index < -0.39 is 11.2 Å². The molecule has 2 aromatic carbocycles. The number of benzene rings is 2. The van der Waals surface area contributed by atoms with Gasteiger partial charge in [-0.2, -0.15) is 0 Å². The summed E-state index contributed by atoms with van der Waals surface area (Å²) in [6.07, 6.45) is 0. The van der Waals surface area contributed by atoms with Crippen LogP contribution >= 0.6 is 11.6 Å². The molecule has 0 aliphatic carbocycles. The maximum Gasteiger partial charge on any atom is 0.336 e. The average Bonchev–Trinajstić information content (AvgIpc) is 2.77. The summed E-state index contributed by atoms with van der Waals surface area (Å²) in [5.74, 6) is 0.379. The Kier molecular flexibility index (Phi) is 5.61. The fourth-order valence-electron chi connectivity index (χ4n) is 3.50. The molecule has 1 aromatic heterocycles. The number of methoxy groups -OCH3 is 1. The highest BCUT2D eigenvalue weighted by molar-refractivity contribution is 6.31. The second-order valence-corrected chi connectivity index (χ2v) is 7.30. The van der Waals surface area contributed by atoms with E-state index in [1.807, 2.05) is 0 Å². The van der Waals surface area contributed by atoms with Crippen LogP contribution in [0.3, 0.4) is 0 Å². The smallest absolute Gasteiger partial charge is 0.336 e. The molecular formula is C21H20ClN3O5. The summed E-state index contributed by atoms with van der Waals surface area (Å²) < 4.78 is 12.8. The third-order valence-corrected chi connectivity index (χ3v) is 5.33. The first-order valence-electron chi connectivity index (χ1n) is 9.44. The maximum atomic E-state index is 13.3. The average molecular weight is 430 g/mol. The zero-order chi connectivity index (χ0) is 21.3. The zero-order valence-corrected chi connectivity index (χ0v) is 17.1. The monoisotopic (exact) mass is 429 g/mol. The van der Waals surface area contributed by atoms with Crippen molar-refractivity contribution in [2.75, 3.05) is 33.4 Å². The van der Waals surface area contributed by atoms with Gasteiger partial charge in [-0.15, -0.1) is 0 Å². The fraction of sp³-hybridized carbons (Fsp3) is 0.286. The van der Waals surface area contributed by atoms with Crippen LogP contribution < -0.4 is 16.0 Å². The fourth-order valence-corrected chi connectivity index (χ4v) is 3.67. The number of nitrogens with zero attached hydrogens (tertiary/aromatic N) is 3. The SMILES string of the molecule is COc1ccc(-n2c(=O)c3ccc(Cl)cc3n(CC(=O)N3CCOCC3)c2=O)cc1. The molecule has 1 saturated heterocycles. The highest BCUT2D eigenvalue weighted by atomic mass is 35.5. The van der Waals surface area contributed by atoms with E-state index in [1.54, 1.807) is 41.3 Å². The van der Waals surface area contributed by atoms with Crippen LogP contribution in [0.4, 0.5) is 0 Å². The van der Waals surface area contributed by atoms with Crippen LogP contribution in [0.1, 0.15) is 0 Å². The minimum atomic E-state index is -0.610. The third kappa shape index (κ3) is 3.71. The molecule has 2 heterocycles. The Hall–Kier alpha value is -3.10. The lowest BCUT2D eigenvalue weighted by Gasteiger charge is -2.27. The second kappa shape index (κ2) is 8.33. The summed E-state index contributed by atoms with van der Waals surface area (Å²) in [6.45, 7) is 1.64. The lowest BCUT2D eigenvalue weighted by atomic mass is 10.2. The van der Waals surface area contributed by atoms with Crippen molar-refractivity contribution in [3.05, 3.63) is 68.3 Å². The molecule has 3 aromatic rings. The summed E-state index contributed by atoms with van der Waals surface area (Å²) >= 11 is 6.12. The van der Waals surface area contributed by atoms with E-state index >= 15 is 0 Å². The normalized spacial score (nSPS) is 14.1. The molecule has 8 nitrogen and oxygen atoms in total. The summed E-state index contributed by atoms with van der Waals surface area (Å²) in [5, 5.41) is 0.667. The Morgan fingerprint density at radius 1 is 1.10 bits per heavy atom. The number of hydrogen-bond donors (Lipinski definition) is 0. The molecule has 0 unspecified atom stereocenters. The van der Waals surface area contributed by atoms with E-state index in [9.17, 15) is 14.4 Å². The lowest BCUT2D eigenvalue weighted by molar-refractivity contribution is -0.135. The molecule has 0 N–H and O–H groups in total. The highest BCUT2D eigenvalue weighted by Crippen LogP contribution is 2.18. The molecule has 1 aliphatic heterocycles. The number of rotatable bonds is 4. The largest absolute Gasteiger partial charge is 0.497 e. The van der Waals surface area contributed by atoms with Gasteiger partial charge in [0.2, 0.25) is 5.91 Å². The van der Waals surface area contributed by atoms with Crippen LogP contribution in [0.5, 0.6) is 5.75 Å². The molecular weight excluding hydrogens is 410 g/mol. The van der Waals surface area contributed by atoms with Crippen LogP contribution in [0.15, 0.2) is 52.1 Å². The predicted octanol–water partition coefficient (Wildman–Crippen LogP) is 1.67. The molecule has 0 saturated carbocycles. The van der Waals surface area contributed by atoms with Gasteiger partial charge < -0.3 is 14.4 Å². The van der Waals surface area contributed by atoms with Crippen molar-refractivity contribution in [1.29, 1.82) is 0 Å². The Bertz CT molecular complexity index is 1210. The van der Waals surface area contributed by atoms with Crippen molar-refractivity contribution in [3.8, 4) is 11.4 Å². The molecule has 1 fully saturated rings. The molecule has 0 bridgehead atoms. The summed E-state index contributed by atoms with van der Waals surface area (Å²) in [5.41, 5.74) is -0.382. The number of halogens is 1. The van der Waals surface area contributed by atoms with Gasteiger partial charge in [0.05, 0.1) is 36.9 Å². The van der Waals surface area contributed by atoms with Crippen molar-refractivity contribution in [2.24, 2.45) is 0 Å². The minimum absolute atomic E-state index is 0.202. The Labute approximate surface area is 176 Å². The van der Waals surface area contributed by atoms with Gasteiger partial charge in [0.25, 0.3) is 5.56 Å². The van der Waals surface area contributed by atoms with Crippen molar-refractivity contribution >= 4 is 28.4 Å². The summed E-state index contributed by atoms with van der Waals surface area (Å²) in [7, 11) is 1.53. The van der Waals surface area contributed by atoms with E-state index in [0.717, 1.165) is 4.57 Å². The van der Waals surface area contributed by atoms with E-state index in [2.05, 4.69) is 0 Å². The first-order chi connectivity index (χ1) is 14.5. The van der Waals surface area contributed by atoms with Crippen molar-refractivity contribution in [1.82, 2.24) is 14.0 Å². The molecule has 156 valence electrons. The first kappa shape index (κ1) is 20.2. The van der Waals surface area contributed by atoms with Gasteiger partial charge in [0.15, 0.2) is 0 Å². The van der Waals surface area contributed by atoms with Crippen molar-refractivity contribution < 1.29 is 14.3 Å². The molecule has 9 heteroatoms. The van der Waals surface area contributed by atoms with Gasteiger partial charge in [-0.05, 0) is 42.5 Å². The van der Waals surface area contributed by atoms with Crippen LogP contribution in [-0.4, -0.2) is 53.4 Å². The van der Waals surface area contributed by atoms with Gasteiger partial charge in [-0.1, -0.05) is 11.6 Å². The summed E-state index contributed by atoms with van der Waals surface area (Å²) in [4.78, 5) is 40.9. The number of hydrogen-bond acceptors (Lipinski definition) is 5. The van der Waals surface area contributed by atoms with E-state index in [-0.39, 0.29) is 12.5 Å². The number of aromatic nitrogens is 2. The molecule has 0 radical (unpaired) electrons. The van der Waals surface area contributed by atoms with Crippen LogP contribution in [0, 0.1) is 0 Å². The lowest BCUT2D eigenvalue weighted by Crippen LogP contribution is -2.45. The highest BCUT2D eigenvalue weighted by Gasteiger charge is 2.21. The first-order valence-corrected chi connectivity index (χ1v) is 9.82. The van der Waals surface area contributed by atoms with Crippen molar-refractivity contribution in [3.63, 3.8) is 0 Å². The van der Waals surface area contributed by atoms with E-state index in [1.165, 1.54) is 17.7 Å². The molecule has 1 aliphatic rings. The number of morpholine rings is 1. The number of carbonyl (C=O) groups excluding carboxylic acids is 1. The van der Waals surface area contributed by atoms with Gasteiger partial charge in [0.1, 0.15) is 12.3 Å². The quantitative estimate of drug-likeness (QED) is 0.630. The second-order valence-electron chi connectivity index (χ2n) is 6.86. The van der Waals surface area contributed by atoms with Crippen molar-refractivity contribution in [2.45, 2.75) is 6.54 Å². The standard InChI is InChI=1S/C21H20ClN3O5/c1-29-16-5-3-15(4-6-16)25-20(27)17-7-2-14(22)12-18(17)24(21(25)28)13-19(26)23-8-10-30-11-9-23/h2-7,12H,8-11,13H2,1H3. The Morgan fingerprint density at radius 2 is 1.80 bits per heavy atom. The number of amides is 1. The van der Waals surface area contributed by atoms with Gasteiger partial charge in [-0.3, -0.25) is 14.2 Å². The van der Waals surface area contributed by atoms with Gasteiger partial charge in [-0.25, -0.2) is 9.36 Å². The van der Waals surface area contributed by atoms with E-state index in [4.69, 9.17) is 21.1 Å². The zero-order valence-electron chi connectivity index (χ0n) is 16.3. The Balaban J connectivity index is 1.88. The van der Waals surface area contributed by atoms with E-state index in [0.29, 0.717) is 53.7 Å². The van der Waals surface area contributed by atoms with Crippen LogP contribution in [0.2, 0.25) is 5.02 Å². The predicted molar refractivity (Wildman–Crippen MR) is 113 cm³/mol. The molecule has 0 spiro atoms. The number of carbonyl (C=O) groups is 1. The third-order valence-electron chi connectivity index (χ3n) is 5.09. The van der Waals surface area contributed by atoms with Gasteiger partial charge >= 0.3 is 5.69 Å². The van der Waals surface area contributed by atoms with Gasteiger partial charge in [0, 0.05) is 18.1 Å². The molecule has 0 atom stereocenters. The molecule has 4 rings (SSSR count). The molecule has 1 amide bonds. The maximum absolute atomic E-state index is 13.3.